The minimum Gasteiger partial charge on any atom is -0.337 e. The molecule has 4 nitrogen and oxygen atoms in total. The Kier molecular flexibility index (Phi) is 6.20. The molecular formula is C29H28N2O2S. The molecule has 1 saturated heterocycles. The molecule has 2 heterocycles. The molecule has 0 saturated carbocycles. The Balaban J connectivity index is 1.31. The van der Waals surface area contributed by atoms with E-state index in [1.54, 1.807) is 6.07 Å². The normalized spacial score (nSPS) is 16.3. The number of pyridine rings is 1. The molecule has 0 N–H and O–H groups in total. The quantitative estimate of drug-likeness (QED) is 0.362. The molecule has 0 bridgehead atoms. The number of rotatable bonds is 5. The zero-order valence-electron chi connectivity index (χ0n) is 19.1. The SMILES string of the molecule is C=S(=O)(Cc1cccc(C(=O)N2CCC(c3ccccc3)CC2)n1)c1cccc2ccccc12. The molecule has 4 aromatic rings. The van der Waals surface area contributed by atoms with Crippen molar-refractivity contribution in [2.75, 3.05) is 13.1 Å². The maximum absolute atomic E-state index is 13.7. The molecule has 1 unspecified atom stereocenters. The molecule has 1 fully saturated rings. The van der Waals surface area contributed by atoms with Crippen molar-refractivity contribution in [3.05, 3.63) is 108 Å². The molecule has 1 aliphatic heterocycles. The predicted molar refractivity (Wildman–Crippen MR) is 140 cm³/mol. The molecule has 1 atom stereocenters. The number of piperidine rings is 1. The van der Waals surface area contributed by atoms with E-state index < -0.39 is 9.52 Å². The lowest BCUT2D eigenvalue weighted by Gasteiger charge is -2.32. The van der Waals surface area contributed by atoms with E-state index in [2.05, 4.69) is 35.1 Å². The number of carbonyl (C=O) groups excluding carboxylic acids is 1. The molecule has 5 heteroatoms. The van der Waals surface area contributed by atoms with Crippen molar-refractivity contribution in [3.63, 3.8) is 0 Å². The van der Waals surface area contributed by atoms with Gasteiger partial charge in [-0.15, -0.1) is 0 Å². The first-order valence-corrected chi connectivity index (χ1v) is 13.5. The lowest BCUT2D eigenvalue weighted by molar-refractivity contribution is 0.0707. The van der Waals surface area contributed by atoms with Crippen molar-refractivity contribution >= 4 is 32.1 Å². The van der Waals surface area contributed by atoms with Crippen LogP contribution in [0.15, 0.2) is 95.9 Å². The van der Waals surface area contributed by atoms with Gasteiger partial charge in [-0.2, -0.15) is 0 Å². The highest BCUT2D eigenvalue weighted by Gasteiger charge is 2.25. The maximum atomic E-state index is 13.7. The highest BCUT2D eigenvalue weighted by Crippen LogP contribution is 2.29. The third-order valence-electron chi connectivity index (χ3n) is 6.61. The number of amides is 1. The summed E-state index contributed by atoms with van der Waals surface area (Å²) >= 11 is 0. The summed E-state index contributed by atoms with van der Waals surface area (Å²) in [5.74, 6) is 4.70. The van der Waals surface area contributed by atoms with Crippen LogP contribution >= 0.6 is 0 Å². The summed E-state index contributed by atoms with van der Waals surface area (Å²) in [4.78, 5) is 20.4. The monoisotopic (exact) mass is 468 g/mol. The third kappa shape index (κ3) is 4.62. The average Bonchev–Trinajstić information content (AvgIpc) is 2.88. The van der Waals surface area contributed by atoms with Crippen LogP contribution in [0.25, 0.3) is 10.8 Å². The summed E-state index contributed by atoms with van der Waals surface area (Å²) < 4.78 is 13.7. The summed E-state index contributed by atoms with van der Waals surface area (Å²) in [6, 6.07) is 29.6. The fourth-order valence-corrected chi connectivity index (χ4v) is 6.53. The number of likely N-dealkylation sites (tertiary alicyclic amines) is 1. The number of aromatic nitrogens is 1. The summed E-state index contributed by atoms with van der Waals surface area (Å²) in [5.41, 5.74) is 2.37. The summed E-state index contributed by atoms with van der Waals surface area (Å²) in [6.45, 7) is 1.43. The fourth-order valence-electron chi connectivity index (χ4n) is 4.82. The van der Waals surface area contributed by atoms with Crippen LogP contribution in [0.3, 0.4) is 0 Å². The van der Waals surface area contributed by atoms with Crippen molar-refractivity contribution < 1.29 is 9.00 Å². The molecule has 1 aliphatic rings. The van der Waals surface area contributed by atoms with Crippen molar-refractivity contribution in [1.82, 2.24) is 9.88 Å². The van der Waals surface area contributed by atoms with Crippen LogP contribution in [0, 0.1) is 0 Å². The zero-order valence-corrected chi connectivity index (χ0v) is 19.9. The second-order valence-electron chi connectivity index (χ2n) is 8.92. The number of benzene rings is 3. The molecule has 0 aliphatic carbocycles. The molecule has 172 valence electrons. The van der Waals surface area contributed by atoms with E-state index in [0.717, 1.165) is 28.5 Å². The minimum absolute atomic E-state index is 0.0610. The predicted octanol–water partition coefficient (Wildman–Crippen LogP) is 5.53. The fraction of sp³-hybridized carbons (Fsp3) is 0.207. The lowest BCUT2D eigenvalue weighted by atomic mass is 9.89. The maximum Gasteiger partial charge on any atom is 0.272 e. The van der Waals surface area contributed by atoms with Crippen molar-refractivity contribution in [2.24, 2.45) is 0 Å². The molecule has 0 spiro atoms. The van der Waals surface area contributed by atoms with Gasteiger partial charge in [0.2, 0.25) is 0 Å². The molecule has 1 amide bonds. The first-order chi connectivity index (χ1) is 16.5. The Hall–Kier alpha value is -3.44. The first-order valence-electron chi connectivity index (χ1n) is 11.6. The van der Waals surface area contributed by atoms with Crippen LogP contribution in [0.5, 0.6) is 0 Å². The zero-order chi connectivity index (χ0) is 23.5. The Morgan fingerprint density at radius 1 is 0.882 bits per heavy atom. The summed E-state index contributed by atoms with van der Waals surface area (Å²) in [6.07, 6.45) is 1.90. The topological polar surface area (TPSA) is 50.3 Å². The molecule has 5 rings (SSSR count). The largest absolute Gasteiger partial charge is 0.337 e. The summed E-state index contributed by atoms with van der Waals surface area (Å²) in [7, 11) is -2.63. The van der Waals surface area contributed by atoms with Crippen LogP contribution in [0.4, 0.5) is 0 Å². The van der Waals surface area contributed by atoms with Gasteiger partial charge in [-0.1, -0.05) is 72.8 Å². The molecule has 3 aromatic carbocycles. The van der Waals surface area contributed by atoms with E-state index in [1.807, 2.05) is 65.6 Å². The number of hydrogen-bond donors (Lipinski definition) is 0. The highest BCUT2D eigenvalue weighted by atomic mass is 32.2. The number of hydrogen-bond acceptors (Lipinski definition) is 3. The van der Waals surface area contributed by atoms with E-state index in [1.165, 1.54) is 5.56 Å². The first kappa shape index (κ1) is 22.4. The summed E-state index contributed by atoms with van der Waals surface area (Å²) in [5, 5.41) is 1.98. The van der Waals surface area contributed by atoms with Gasteiger partial charge in [-0.3, -0.25) is 9.00 Å². The Morgan fingerprint density at radius 3 is 2.35 bits per heavy atom. The standard InChI is InChI=1S/C29H28N2O2S/c1-34(33,28-16-7-12-24-11-5-6-14-26(24)28)21-25-13-8-15-27(30-25)29(32)31-19-17-23(18-20-31)22-9-3-2-4-10-22/h2-16,23H,1,17-21H2. The van der Waals surface area contributed by atoms with Gasteiger partial charge in [0.1, 0.15) is 5.69 Å². The van der Waals surface area contributed by atoms with Gasteiger partial charge in [0.25, 0.3) is 5.91 Å². The number of nitrogens with zero attached hydrogens (tertiary/aromatic N) is 2. The third-order valence-corrected chi connectivity index (χ3v) is 8.53. The number of fused-ring (bicyclic) bond motifs is 1. The number of carbonyl (C=O) groups is 1. The van der Waals surface area contributed by atoms with Crippen molar-refractivity contribution in [3.8, 4) is 0 Å². The van der Waals surface area contributed by atoms with Gasteiger partial charge < -0.3 is 4.90 Å². The lowest BCUT2D eigenvalue weighted by Crippen LogP contribution is -2.38. The van der Waals surface area contributed by atoms with E-state index in [4.69, 9.17) is 0 Å². The smallest absolute Gasteiger partial charge is 0.272 e. The molecule has 34 heavy (non-hydrogen) atoms. The van der Waals surface area contributed by atoms with Gasteiger partial charge in [0.15, 0.2) is 0 Å². The van der Waals surface area contributed by atoms with Crippen LogP contribution in [0.1, 0.15) is 40.5 Å². The second-order valence-corrected chi connectivity index (χ2v) is 11.3. The van der Waals surface area contributed by atoms with E-state index in [-0.39, 0.29) is 11.7 Å². The van der Waals surface area contributed by atoms with Gasteiger partial charge in [0.05, 0.1) is 11.4 Å². The van der Waals surface area contributed by atoms with E-state index in [9.17, 15) is 9.00 Å². The van der Waals surface area contributed by atoms with Crippen LogP contribution in [0.2, 0.25) is 0 Å². The van der Waals surface area contributed by atoms with Crippen LogP contribution in [-0.4, -0.2) is 39.0 Å². The van der Waals surface area contributed by atoms with Gasteiger partial charge in [0, 0.05) is 27.5 Å². The molecule has 1 aromatic heterocycles. The highest BCUT2D eigenvalue weighted by molar-refractivity contribution is 7.99. The van der Waals surface area contributed by atoms with Gasteiger partial charge >= 0.3 is 0 Å². The average molecular weight is 469 g/mol. The van der Waals surface area contributed by atoms with Crippen LogP contribution in [-0.2, 0) is 15.3 Å². The Morgan fingerprint density at radius 2 is 1.56 bits per heavy atom. The second kappa shape index (κ2) is 9.43. The Labute approximate surface area is 201 Å². The van der Waals surface area contributed by atoms with Gasteiger partial charge in [-0.25, -0.2) is 4.98 Å². The molecular weight excluding hydrogens is 440 g/mol. The van der Waals surface area contributed by atoms with E-state index in [0.29, 0.717) is 30.4 Å². The van der Waals surface area contributed by atoms with E-state index >= 15 is 0 Å². The Bertz CT molecular complexity index is 1420. The van der Waals surface area contributed by atoms with Crippen LogP contribution < -0.4 is 0 Å². The van der Waals surface area contributed by atoms with Crippen molar-refractivity contribution in [2.45, 2.75) is 29.4 Å². The molecule has 0 radical (unpaired) electrons. The van der Waals surface area contributed by atoms with Gasteiger partial charge in [-0.05, 0) is 59.2 Å². The minimum atomic E-state index is -2.63. The van der Waals surface area contributed by atoms with Crippen molar-refractivity contribution in [1.29, 1.82) is 0 Å².